The van der Waals surface area contributed by atoms with Crippen LogP contribution in [0, 0.1) is 6.92 Å². The first-order valence-electron chi connectivity index (χ1n) is 6.72. The van der Waals surface area contributed by atoms with Gasteiger partial charge < -0.3 is 0 Å². The molecule has 19 heavy (non-hydrogen) atoms. The quantitative estimate of drug-likeness (QED) is 0.637. The smallest absolute Gasteiger partial charge is 0.0409 e. The van der Waals surface area contributed by atoms with E-state index in [0.717, 1.165) is 11.4 Å². The van der Waals surface area contributed by atoms with Gasteiger partial charge in [-0.1, -0.05) is 54.9 Å². The van der Waals surface area contributed by atoms with Crippen molar-refractivity contribution in [3.05, 3.63) is 58.6 Å². The van der Waals surface area contributed by atoms with Crippen molar-refractivity contribution in [3.63, 3.8) is 0 Å². The van der Waals surface area contributed by atoms with Gasteiger partial charge in [0, 0.05) is 14.8 Å². The first-order chi connectivity index (χ1) is 9.20. The van der Waals surface area contributed by atoms with Crippen LogP contribution >= 0.6 is 23.4 Å². The van der Waals surface area contributed by atoms with Gasteiger partial charge in [0.1, 0.15) is 0 Å². The molecule has 0 nitrogen and oxygen atoms in total. The Kier molecular flexibility index (Phi) is 5.35. The Bertz CT molecular complexity index is 549. The SMILES string of the molecule is CCCCc1ccccc1Sc1ccc(Cl)cc1C. The van der Waals surface area contributed by atoms with Crippen LogP contribution < -0.4 is 0 Å². The summed E-state index contributed by atoms with van der Waals surface area (Å²) in [6, 6.07) is 14.8. The average Bonchev–Trinajstić information content (AvgIpc) is 2.41. The van der Waals surface area contributed by atoms with Crippen molar-refractivity contribution in [2.75, 3.05) is 0 Å². The first-order valence-corrected chi connectivity index (χ1v) is 7.92. The van der Waals surface area contributed by atoms with Crippen LogP contribution in [0.5, 0.6) is 0 Å². The van der Waals surface area contributed by atoms with E-state index in [0.29, 0.717) is 0 Å². The molecule has 100 valence electrons. The van der Waals surface area contributed by atoms with Gasteiger partial charge in [0.25, 0.3) is 0 Å². The summed E-state index contributed by atoms with van der Waals surface area (Å²) in [7, 11) is 0. The van der Waals surface area contributed by atoms with Crippen LogP contribution in [0.1, 0.15) is 30.9 Å². The van der Waals surface area contributed by atoms with Crippen molar-refractivity contribution < 1.29 is 0 Å². The highest BCUT2D eigenvalue weighted by molar-refractivity contribution is 7.99. The summed E-state index contributed by atoms with van der Waals surface area (Å²) < 4.78 is 0. The van der Waals surface area contributed by atoms with Crippen LogP contribution in [0.25, 0.3) is 0 Å². The maximum Gasteiger partial charge on any atom is 0.0409 e. The van der Waals surface area contributed by atoms with Gasteiger partial charge in [0.15, 0.2) is 0 Å². The minimum Gasteiger partial charge on any atom is -0.0895 e. The maximum atomic E-state index is 6.01. The summed E-state index contributed by atoms with van der Waals surface area (Å²) in [5.74, 6) is 0. The molecule has 0 saturated carbocycles. The highest BCUT2D eigenvalue weighted by Crippen LogP contribution is 2.34. The van der Waals surface area contributed by atoms with Crippen molar-refractivity contribution in [1.29, 1.82) is 0 Å². The lowest BCUT2D eigenvalue weighted by atomic mass is 10.1. The van der Waals surface area contributed by atoms with Crippen LogP contribution in [0.4, 0.5) is 0 Å². The van der Waals surface area contributed by atoms with Crippen LogP contribution in [0.3, 0.4) is 0 Å². The molecule has 0 aliphatic rings. The molecule has 0 atom stereocenters. The monoisotopic (exact) mass is 290 g/mol. The van der Waals surface area contributed by atoms with Crippen molar-refractivity contribution >= 4 is 23.4 Å². The maximum absolute atomic E-state index is 6.01. The second-order valence-electron chi connectivity index (χ2n) is 4.72. The lowest BCUT2D eigenvalue weighted by Gasteiger charge is -2.10. The molecule has 0 aliphatic heterocycles. The molecule has 0 amide bonds. The van der Waals surface area contributed by atoms with E-state index in [1.54, 1.807) is 0 Å². The molecule has 2 heteroatoms. The Morgan fingerprint density at radius 2 is 1.84 bits per heavy atom. The number of halogens is 1. The lowest BCUT2D eigenvalue weighted by molar-refractivity contribution is 0.785. The molecule has 0 radical (unpaired) electrons. The number of hydrogen-bond acceptors (Lipinski definition) is 1. The highest BCUT2D eigenvalue weighted by Gasteiger charge is 2.06. The van der Waals surface area contributed by atoms with Gasteiger partial charge >= 0.3 is 0 Å². The fourth-order valence-electron chi connectivity index (χ4n) is 2.02. The van der Waals surface area contributed by atoms with Crippen LogP contribution in [0.2, 0.25) is 5.02 Å². The van der Waals surface area contributed by atoms with Gasteiger partial charge in [-0.25, -0.2) is 0 Å². The average molecular weight is 291 g/mol. The molecule has 0 spiro atoms. The minimum absolute atomic E-state index is 0.807. The van der Waals surface area contributed by atoms with Crippen LogP contribution in [-0.4, -0.2) is 0 Å². The van der Waals surface area contributed by atoms with E-state index < -0.39 is 0 Å². The van der Waals surface area contributed by atoms with E-state index in [1.807, 2.05) is 23.9 Å². The van der Waals surface area contributed by atoms with E-state index in [4.69, 9.17) is 11.6 Å². The summed E-state index contributed by atoms with van der Waals surface area (Å²) in [4.78, 5) is 2.65. The summed E-state index contributed by atoms with van der Waals surface area (Å²) in [5, 5.41) is 0.807. The van der Waals surface area contributed by atoms with Gasteiger partial charge in [-0.2, -0.15) is 0 Å². The number of hydrogen-bond donors (Lipinski definition) is 0. The Morgan fingerprint density at radius 3 is 2.58 bits per heavy atom. The third-order valence-corrected chi connectivity index (χ3v) is 4.66. The van der Waals surface area contributed by atoms with Crippen molar-refractivity contribution in [2.45, 2.75) is 42.9 Å². The number of aryl methyl sites for hydroxylation is 2. The molecule has 0 aliphatic carbocycles. The number of benzene rings is 2. The molecule has 0 fully saturated rings. The van der Waals surface area contributed by atoms with Crippen molar-refractivity contribution in [3.8, 4) is 0 Å². The second kappa shape index (κ2) is 7.02. The van der Waals surface area contributed by atoms with Gasteiger partial charge in [-0.15, -0.1) is 0 Å². The summed E-state index contributed by atoms with van der Waals surface area (Å²) in [6.45, 7) is 4.35. The van der Waals surface area contributed by atoms with E-state index in [9.17, 15) is 0 Å². The minimum atomic E-state index is 0.807. The van der Waals surface area contributed by atoms with Crippen molar-refractivity contribution in [2.24, 2.45) is 0 Å². The molecule has 0 heterocycles. The Hall–Kier alpha value is -0.920. The standard InChI is InChI=1S/C17H19ClS/c1-3-4-7-14-8-5-6-9-17(14)19-16-11-10-15(18)12-13(16)2/h5-6,8-12H,3-4,7H2,1-2H3. The Labute approximate surface area is 125 Å². The zero-order valence-electron chi connectivity index (χ0n) is 11.4. The van der Waals surface area contributed by atoms with E-state index in [-0.39, 0.29) is 0 Å². The summed E-state index contributed by atoms with van der Waals surface area (Å²) >= 11 is 7.85. The highest BCUT2D eigenvalue weighted by atomic mass is 35.5. The molecule has 0 saturated heterocycles. The van der Waals surface area contributed by atoms with E-state index in [2.05, 4.69) is 44.2 Å². The fraction of sp³-hybridized carbons (Fsp3) is 0.294. The predicted molar refractivity (Wildman–Crippen MR) is 85.4 cm³/mol. The van der Waals surface area contributed by atoms with Gasteiger partial charge in [-0.05, 0) is 55.2 Å². The van der Waals surface area contributed by atoms with Gasteiger partial charge in [-0.3, -0.25) is 0 Å². The van der Waals surface area contributed by atoms with E-state index in [1.165, 1.54) is 33.8 Å². The normalized spacial score (nSPS) is 10.7. The first kappa shape index (κ1) is 14.5. The lowest BCUT2D eigenvalue weighted by Crippen LogP contribution is -1.89. The predicted octanol–water partition coefficient (Wildman–Crippen LogP) is 6.14. The fourth-order valence-corrected chi connectivity index (χ4v) is 3.29. The molecular formula is C17H19ClS. The topological polar surface area (TPSA) is 0 Å². The zero-order valence-corrected chi connectivity index (χ0v) is 13.0. The van der Waals surface area contributed by atoms with Gasteiger partial charge in [0.2, 0.25) is 0 Å². The largest absolute Gasteiger partial charge is 0.0895 e. The Balaban J connectivity index is 2.22. The summed E-state index contributed by atoms with van der Waals surface area (Å²) in [5.41, 5.74) is 2.69. The van der Waals surface area contributed by atoms with Crippen molar-refractivity contribution in [1.82, 2.24) is 0 Å². The zero-order chi connectivity index (χ0) is 13.7. The molecule has 2 aromatic rings. The molecule has 0 unspecified atom stereocenters. The van der Waals surface area contributed by atoms with Crippen LogP contribution in [-0.2, 0) is 6.42 Å². The molecule has 2 aromatic carbocycles. The number of unbranched alkanes of at least 4 members (excludes halogenated alkanes) is 1. The summed E-state index contributed by atoms with van der Waals surface area (Å²) in [6.07, 6.45) is 3.64. The molecule has 0 aromatic heterocycles. The Morgan fingerprint density at radius 1 is 1.05 bits per heavy atom. The van der Waals surface area contributed by atoms with Crippen LogP contribution in [0.15, 0.2) is 52.3 Å². The van der Waals surface area contributed by atoms with E-state index >= 15 is 0 Å². The second-order valence-corrected chi connectivity index (χ2v) is 6.24. The molecule has 2 rings (SSSR count). The third-order valence-electron chi connectivity index (χ3n) is 3.13. The third kappa shape index (κ3) is 4.02. The number of rotatable bonds is 5. The van der Waals surface area contributed by atoms with Gasteiger partial charge in [0.05, 0.1) is 0 Å². The molecule has 0 bridgehead atoms. The molecular weight excluding hydrogens is 272 g/mol. The molecule has 0 N–H and O–H groups in total.